The van der Waals surface area contributed by atoms with Crippen molar-refractivity contribution in [3.63, 3.8) is 0 Å². The number of aromatic nitrogens is 3. The fraction of sp³-hybridized carbons (Fsp3) is 0.833. The lowest BCUT2D eigenvalue weighted by molar-refractivity contribution is -0.134. The Bertz CT molecular complexity index is 673. The first-order chi connectivity index (χ1) is 12.2. The van der Waals surface area contributed by atoms with Gasteiger partial charge in [-0.2, -0.15) is 5.10 Å². The molecule has 0 aliphatic carbocycles. The first-order valence-electron chi connectivity index (χ1n) is 9.91. The third-order valence-corrected chi connectivity index (χ3v) is 5.97. The minimum Gasteiger partial charge on any atom is -0.340 e. The minimum atomic E-state index is -0.113. The van der Waals surface area contributed by atoms with E-state index >= 15 is 0 Å². The van der Waals surface area contributed by atoms with Gasteiger partial charge in [0, 0.05) is 32.1 Å². The molecule has 0 N–H and O–H groups in total. The molecule has 1 atom stereocenters. The number of fused-ring (bicyclic) bond motifs is 1. The van der Waals surface area contributed by atoms with Crippen LogP contribution < -0.4 is 5.69 Å². The molecule has 1 amide bonds. The molecular formula is C18H29N5O2. The first kappa shape index (κ1) is 16.8. The lowest BCUT2D eigenvalue weighted by Gasteiger charge is -2.37. The number of hydrogen-bond acceptors (Lipinski definition) is 4. The molecule has 1 aromatic rings. The maximum Gasteiger partial charge on any atom is 0.346 e. The highest BCUT2D eigenvalue weighted by molar-refractivity contribution is 5.76. The van der Waals surface area contributed by atoms with Gasteiger partial charge in [-0.3, -0.25) is 14.3 Å². The maximum absolute atomic E-state index is 12.8. The van der Waals surface area contributed by atoms with E-state index in [1.807, 2.05) is 4.90 Å². The van der Waals surface area contributed by atoms with Crippen LogP contribution in [0.3, 0.4) is 0 Å². The van der Waals surface area contributed by atoms with Crippen molar-refractivity contribution in [3.05, 3.63) is 16.3 Å². The van der Waals surface area contributed by atoms with Crippen LogP contribution in [0.2, 0.25) is 0 Å². The van der Waals surface area contributed by atoms with Gasteiger partial charge in [-0.05, 0) is 51.6 Å². The Morgan fingerprint density at radius 1 is 1.00 bits per heavy atom. The molecule has 1 unspecified atom stereocenters. The molecule has 7 heteroatoms. The van der Waals surface area contributed by atoms with Gasteiger partial charge in [0.1, 0.15) is 12.4 Å². The molecule has 1 aromatic heterocycles. The van der Waals surface area contributed by atoms with Crippen LogP contribution in [-0.2, 0) is 24.3 Å². The summed E-state index contributed by atoms with van der Waals surface area (Å²) < 4.78 is 3.16. The lowest BCUT2D eigenvalue weighted by atomic mass is 10.0. The quantitative estimate of drug-likeness (QED) is 0.813. The van der Waals surface area contributed by atoms with Crippen molar-refractivity contribution in [2.45, 2.75) is 70.5 Å². The van der Waals surface area contributed by atoms with Crippen LogP contribution in [0.5, 0.6) is 0 Å². The molecule has 0 saturated carbocycles. The van der Waals surface area contributed by atoms with E-state index < -0.39 is 0 Å². The zero-order chi connectivity index (χ0) is 17.2. The summed E-state index contributed by atoms with van der Waals surface area (Å²) >= 11 is 0. The Hall–Kier alpha value is -1.63. The topological polar surface area (TPSA) is 63.4 Å². The highest BCUT2D eigenvalue weighted by Crippen LogP contribution is 2.20. The van der Waals surface area contributed by atoms with E-state index in [-0.39, 0.29) is 18.1 Å². The summed E-state index contributed by atoms with van der Waals surface area (Å²) in [6, 6.07) is 0.496. The molecule has 3 aliphatic rings. The Labute approximate surface area is 148 Å². The van der Waals surface area contributed by atoms with Gasteiger partial charge < -0.3 is 4.90 Å². The van der Waals surface area contributed by atoms with Gasteiger partial charge in [0.25, 0.3) is 0 Å². The van der Waals surface area contributed by atoms with Crippen molar-refractivity contribution < 1.29 is 4.79 Å². The summed E-state index contributed by atoms with van der Waals surface area (Å²) in [6.07, 6.45) is 8.89. The zero-order valence-electron chi connectivity index (χ0n) is 15.0. The van der Waals surface area contributed by atoms with Gasteiger partial charge in [0.05, 0.1) is 0 Å². The van der Waals surface area contributed by atoms with Crippen molar-refractivity contribution in [1.29, 1.82) is 0 Å². The number of likely N-dealkylation sites (tertiary alicyclic amines) is 2. The Morgan fingerprint density at radius 3 is 2.64 bits per heavy atom. The second kappa shape index (κ2) is 7.32. The first-order valence-corrected chi connectivity index (χ1v) is 9.91. The van der Waals surface area contributed by atoms with E-state index in [1.165, 1.54) is 37.0 Å². The van der Waals surface area contributed by atoms with Crippen LogP contribution in [0.4, 0.5) is 0 Å². The number of carbonyl (C=O) groups excluding carboxylic acids is 1. The Morgan fingerprint density at radius 2 is 1.80 bits per heavy atom. The van der Waals surface area contributed by atoms with Crippen molar-refractivity contribution in [1.82, 2.24) is 24.1 Å². The van der Waals surface area contributed by atoms with Crippen molar-refractivity contribution >= 4 is 5.91 Å². The number of carbonyl (C=O) groups is 1. The van der Waals surface area contributed by atoms with E-state index in [2.05, 4.69) is 10.00 Å². The van der Waals surface area contributed by atoms with E-state index in [0.29, 0.717) is 6.04 Å². The molecule has 2 saturated heterocycles. The Balaban J connectivity index is 1.42. The molecule has 25 heavy (non-hydrogen) atoms. The average molecular weight is 347 g/mol. The predicted molar refractivity (Wildman–Crippen MR) is 94.5 cm³/mol. The number of piperidine rings is 1. The molecule has 0 aromatic carbocycles. The van der Waals surface area contributed by atoms with E-state index in [4.69, 9.17) is 0 Å². The molecule has 138 valence electrons. The van der Waals surface area contributed by atoms with E-state index in [9.17, 15) is 9.59 Å². The van der Waals surface area contributed by atoms with Crippen LogP contribution in [0, 0.1) is 0 Å². The molecule has 4 rings (SSSR count). The predicted octanol–water partition coefficient (Wildman–Crippen LogP) is 0.858. The van der Waals surface area contributed by atoms with Crippen molar-refractivity contribution in [2.75, 3.05) is 26.2 Å². The molecule has 0 radical (unpaired) electrons. The highest BCUT2D eigenvalue weighted by atomic mass is 16.2. The van der Waals surface area contributed by atoms with Gasteiger partial charge in [-0.15, -0.1) is 0 Å². The summed E-state index contributed by atoms with van der Waals surface area (Å²) in [5.41, 5.74) is -0.113. The van der Waals surface area contributed by atoms with Crippen LogP contribution in [0.25, 0.3) is 0 Å². The van der Waals surface area contributed by atoms with Crippen molar-refractivity contribution in [3.8, 4) is 0 Å². The summed E-state index contributed by atoms with van der Waals surface area (Å²) in [6.45, 7) is 4.78. The van der Waals surface area contributed by atoms with Crippen LogP contribution in [-0.4, -0.2) is 62.3 Å². The van der Waals surface area contributed by atoms with E-state index in [1.54, 1.807) is 4.57 Å². The lowest BCUT2D eigenvalue weighted by Crippen LogP contribution is -2.50. The zero-order valence-corrected chi connectivity index (χ0v) is 15.0. The van der Waals surface area contributed by atoms with Crippen LogP contribution in [0.1, 0.15) is 50.8 Å². The SMILES string of the molecule is O=C(Cn1nc2n(c1=O)CCCCC2)N1CCCC(N2CCCC2)C1. The molecule has 3 aliphatic heterocycles. The Kier molecular flexibility index (Phi) is 4.92. The van der Waals surface area contributed by atoms with Gasteiger partial charge >= 0.3 is 5.69 Å². The molecule has 2 fully saturated rings. The second-order valence-corrected chi connectivity index (χ2v) is 7.70. The largest absolute Gasteiger partial charge is 0.346 e. The summed E-state index contributed by atoms with van der Waals surface area (Å²) in [5, 5.41) is 4.45. The smallest absolute Gasteiger partial charge is 0.340 e. The summed E-state index contributed by atoms with van der Waals surface area (Å²) in [7, 11) is 0. The van der Waals surface area contributed by atoms with Crippen LogP contribution in [0.15, 0.2) is 4.79 Å². The average Bonchev–Trinajstić information content (AvgIpc) is 3.19. The molecule has 4 heterocycles. The number of hydrogen-bond donors (Lipinski definition) is 0. The summed E-state index contributed by atoms with van der Waals surface area (Å²) in [4.78, 5) is 29.8. The highest BCUT2D eigenvalue weighted by Gasteiger charge is 2.29. The molecular weight excluding hydrogens is 318 g/mol. The molecule has 0 bridgehead atoms. The van der Waals surface area contributed by atoms with Gasteiger partial charge in [0.2, 0.25) is 5.91 Å². The minimum absolute atomic E-state index is 0.0410. The molecule has 7 nitrogen and oxygen atoms in total. The fourth-order valence-electron chi connectivity index (χ4n) is 4.54. The molecule has 0 spiro atoms. The second-order valence-electron chi connectivity index (χ2n) is 7.70. The fourth-order valence-corrected chi connectivity index (χ4v) is 4.54. The monoisotopic (exact) mass is 347 g/mol. The standard InChI is InChI=1S/C18H29N5O2/c24-17(21-11-6-7-15(13-21)20-9-4-5-10-20)14-23-18(25)22-12-3-1-2-8-16(22)19-23/h15H,1-14H2. The third-order valence-electron chi connectivity index (χ3n) is 5.97. The van der Waals surface area contributed by atoms with Crippen LogP contribution >= 0.6 is 0 Å². The number of rotatable bonds is 3. The van der Waals surface area contributed by atoms with E-state index in [0.717, 1.165) is 57.6 Å². The number of nitrogens with zero attached hydrogens (tertiary/aromatic N) is 5. The van der Waals surface area contributed by atoms with Gasteiger partial charge in [0.15, 0.2) is 0 Å². The van der Waals surface area contributed by atoms with Crippen molar-refractivity contribution in [2.24, 2.45) is 0 Å². The third kappa shape index (κ3) is 3.52. The van der Waals surface area contributed by atoms with Gasteiger partial charge in [-0.1, -0.05) is 6.42 Å². The normalized spacial score (nSPS) is 25.0. The summed E-state index contributed by atoms with van der Waals surface area (Å²) in [5.74, 6) is 0.892. The maximum atomic E-state index is 12.8. The van der Waals surface area contributed by atoms with Gasteiger partial charge in [-0.25, -0.2) is 9.48 Å². The number of amides is 1. The number of aryl methyl sites for hydroxylation is 1.